The zero-order valence-electron chi connectivity index (χ0n) is 17.3. The van der Waals surface area contributed by atoms with Crippen LogP contribution >= 0.6 is 0 Å². The third kappa shape index (κ3) is 5.83. The highest BCUT2D eigenvalue weighted by Gasteiger charge is 2.10. The van der Waals surface area contributed by atoms with E-state index in [1.54, 1.807) is 12.1 Å². The van der Waals surface area contributed by atoms with Crippen LogP contribution < -0.4 is 16.0 Å². The Morgan fingerprint density at radius 2 is 1.87 bits per heavy atom. The molecule has 0 saturated heterocycles. The molecular formula is C23H27FN4O2. The minimum atomic E-state index is -0.340. The molecule has 158 valence electrons. The van der Waals surface area contributed by atoms with E-state index in [0.29, 0.717) is 31.2 Å². The fourth-order valence-electron chi connectivity index (χ4n) is 3.15. The summed E-state index contributed by atoms with van der Waals surface area (Å²) in [6, 6.07) is 14.0. The number of furan rings is 1. The first-order valence-corrected chi connectivity index (χ1v) is 10.1. The molecular weight excluding hydrogens is 383 g/mol. The molecule has 0 aliphatic rings. The number of hydrogen-bond acceptors (Lipinski definition) is 3. The first kappa shape index (κ1) is 21.4. The van der Waals surface area contributed by atoms with Gasteiger partial charge in [0, 0.05) is 30.6 Å². The summed E-state index contributed by atoms with van der Waals surface area (Å²) >= 11 is 0. The second-order valence-electron chi connectivity index (χ2n) is 6.92. The maximum absolute atomic E-state index is 13.2. The summed E-state index contributed by atoms with van der Waals surface area (Å²) in [5, 5.41) is 10.3. The summed E-state index contributed by atoms with van der Waals surface area (Å²) in [6.07, 6.45) is 0.150. The molecule has 0 spiro atoms. The highest BCUT2D eigenvalue weighted by Crippen LogP contribution is 2.25. The van der Waals surface area contributed by atoms with E-state index in [-0.39, 0.29) is 18.1 Å². The molecule has 6 nitrogen and oxygen atoms in total. The number of nitrogens with one attached hydrogen (secondary N) is 3. The van der Waals surface area contributed by atoms with Gasteiger partial charge in [0.1, 0.15) is 23.7 Å². The highest BCUT2D eigenvalue weighted by molar-refractivity contribution is 5.83. The molecule has 30 heavy (non-hydrogen) atoms. The van der Waals surface area contributed by atoms with Gasteiger partial charge in [0.05, 0.1) is 6.42 Å². The number of nitrogens with zero attached hydrogens (tertiary/aromatic N) is 1. The van der Waals surface area contributed by atoms with Gasteiger partial charge in [-0.2, -0.15) is 0 Å². The van der Waals surface area contributed by atoms with Gasteiger partial charge in [0.25, 0.3) is 0 Å². The average molecular weight is 410 g/mol. The fraction of sp³-hybridized carbons (Fsp3) is 0.304. The van der Waals surface area contributed by atoms with E-state index >= 15 is 0 Å². The van der Waals surface area contributed by atoms with Gasteiger partial charge in [-0.05, 0) is 37.6 Å². The number of hydrogen-bond donors (Lipinski definition) is 3. The number of rotatable bonds is 8. The van der Waals surface area contributed by atoms with Gasteiger partial charge >= 0.3 is 0 Å². The van der Waals surface area contributed by atoms with Crippen LogP contribution in [-0.4, -0.2) is 31.5 Å². The number of halogens is 1. The Labute approximate surface area is 175 Å². The van der Waals surface area contributed by atoms with Gasteiger partial charge in [0.15, 0.2) is 5.96 Å². The van der Waals surface area contributed by atoms with Gasteiger partial charge in [-0.25, -0.2) is 9.38 Å². The normalized spacial score (nSPS) is 11.5. The van der Waals surface area contributed by atoms with Crippen LogP contribution in [0.15, 0.2) is 57.9 Å². The molecule has 1 amide bonds. The van der Waals surface area contributed by atoms with Crippen LogP contribution in [0.5, 0.6) is 0 Å². The van der Waals surface area contributed by atoms with Crippen LogP contribution in [0.4, 0.5) is 4.39 Å². The molecule has 0 bridgehead atoms. The van der Waals surface area contributed by atoms with E-state index in [0.717, 1.165) is 28.8 Å². The van der Waals surface area contributed by atoms with Gasteiger partial charge in [-0.15, -0.1) is 0 Å². The standard InChI is InChI=1S/C23H27FN4O2/c1-3-25-23(28-15-21-16(2)19-9-4-5-10-20(19)30-21)27-12-11-26-22(29)14-17-7-6-8-18(24)13-17/h4-10,13H,3,11-12,14-15H2,1-2H3,(H,26,29)(H2,25,27,28). The minimum absolute atomic E-state index is 0.150. The average Bonchev–Trinajstić information content (AvgIpc) is 3.05. The first-order chi connectivity index (χ1) is 14.6. The van der Waals surface area contributed by atoms with Gasteiger partial charge < -0.3 is 20.4 Å². The van der Waals surface area contributed by atoms with Crippen molar-refractivity contribution in [2.24, 2.45) is 4.99 Å². The van der Waals surface area contributed by atoms with Crippen molar-refractivity contribution in [2.45, 2.75) is 26.8 Å². The minimum Gasteiger partial charge on any atom is -0.459 e. The van der Waals surface area contributed by atoms with Crippen LogP contribution in [0.25, 0.3) is 11.0 Å². The van der Waals surface area contributed by atoms with E-state index in [2.05, 4.69) is 20.9 Å². The summed E-state index contributed by atoms with van der Waals surface area (Å²) in [5.41, 5.74) is 2.60. The second kappa shape index (κ2) is 10.4. The molecule has 2 aromatic carbocycles. The molecule has 0 radical (unpaired) electrons. The lowest BCUT2D eigenvalue weighted by molar-refractivity contribution is -0.120. The molecule has 3 aromatic rings. The largest absolute Gasteiger partial charge is 0.459 e. The smallest absolute Gasteiger partial charge is 0.224 e. The summed E-state index contributed by atoms with van der Waals surface area (Å²) < 4.78 is 19.1. The van der Waals surface area contributed by atoms with E-state index in [4.69, 9.17) is 4.42 Å². The number of carbonyl (C=O) groups is 1. The number of benzene rings is 2. The third-order valence-electron chi connectivity index (χ3n) is 4.66. The maximum Gasteiger partial charge on any atom is 0.224 e. The molecule has 0 unspecified atom stereocenters. The lowest BCUT2D eigenvalue weighted by Crippen LogP contribution is -2.41. The van der Waals surface area contributed by atoms with Crippen molar-refractivity contribution in [3.05, 3.63) is 71.2 Å². The Bertz CT molecular complexity index is 1030. The molecule has 1 aromatic heterocycles. The van der Waals surface area contributed by atoms with E-state index in [1.165, 1.54) is 12.1 Å². The Morgan fingerprint density at radius 3 is 2.63 bits per heavy atom. The maximum atomic E-state index is 13.2. The first-order valence-electron chi connectivity index (χ1n) is 10.1. The van der Waals surface area contributed by atoms with Gasteiger partial charge in [0.2, 0.25) is 5.91 Å². The van der Waals surface area contributed by atoms with Crippen LogP contribution in [0.1, 0.15) is 23.8 Å². The fourth-order valence-corrected chi connectivity index (χ4v) is 3.15. The Hall–Kier alpha value is -3.35. The number of carbonyl (C=O) groups excluding carboxylic acids is 1. The summed E-state index contributed by atoms with van der Waals surface area (Å²) in [4.78, 5) is 16.6. The molecule has 0 saturated carbocycles. The number of aryl methyl sites for hydroxylation is 1. The van der Waals surface area contributed by atoms with Crippen molar-refractivity contribution in [1.29, 1.82) is 0 Å². The molecule has 0 atom stereocenters. The molecule has 7 heteroatoms. The molecule has 0 aliphatic heterocycles. The third-order valence-corrected chi connectivity index (χ3v) is 4.66. The molecule has 0 fully saturated rings. The predicted octanol–water partition coefficient (Wildman–Crippen LogP) is 3.29. The van der Waals surface area contributed by atoms with Crippen molar-refractivity contribution in [1.82, 2.24) is 16.0 Å². The predicted molar refractivity (Wildman–Crippen MR) is 117 cm³/mol. The van der Waals surface area contributed by atoms with Gasteiger partial charge in [-0.3, -0.25) is 4.79 Å². The lowest BCUT2D eigenvalue weighted by Gasteiger charge is -2.12. The summed E-state index contributed by atoms with van der Waals surface area (Å²) in [7, 11) is 0. The van der Waals surface area contributed by atoms with Crippen molar-refractivity contribution in [3.63, 3.8) is 0 Å². The number of aliphatic imine (C=N–C) groups is 1. The topological polar surface area (TPSA) is 78.7 Å². The van der Waals surface area contributed by atoms with E-state index in [1.807, 2.05) is 38.1 Å². The van der Waals surface area contributed by atoms with Crippen LogP contribution in [0, 0.1) is 12.7 Å². The molecule has 3 N–H and O–H groups in total. The number of para-hydroxylation sites is 1. The van der Waals surface area contributed by atoms with Crippen molar-refractivity contribution < 1.29 is 13.6 Å². The number of amides is 1. The van der Waals surface area contributed by atoms with E-state index < -0.39 is 0 Å². The van der Waals surface area contributed by atoms with Crippen molar-refractivity contribution in [3.8, 4) is 0 Å². The lowest BCUT2D eigenvalue weighted by atomic mass is 10.1. The number of guanidine groups is 1. The Kier molecular flexibility index (Phi) is 7.43. The number of fused-ring (bicyclic) bond motifs is 1. The Morgan fingerprint density at radius 1 is 1.07 bits per heavy atom. The molecule has 1 heterocycles. The van der Waals surface area contributed by atoms with E-state index in [9.17, 15) is 9.18 Å². The zero-order valence-corrected chi connectivity index (χ0v) is 17.3. The van der Waals surface area contributed by atoms with Gasteiger partial charge in [-0.1, -0.05) is 30.3 Å². The van der Waals surface area contributed by atoms with Crippen LogP contribution in [-0.2, 0) is 17.8 Å². The molecule has 3 rings (SSSR count). The monoisotopic (exact) mass is 410 g/mol. The second-order valence-corrected chi connectivity index (χ2v) is 6.92. The van der Waals surface area contributed by atoms with Crippen LogP contribution in [0.2, 0.25) is 0 Å². The van der Waals surface area contributed by atoms with Crippen molar-refractivity contribution in [2.75, 3.05) is 19.6 Å². The zero-order chi connectivity index (χ0) is 21.3. The summed E-state index contributed by atoms with van der Waals surface area (Å²) in [6.45, 7) is 6.11. The van der Waals surface area contributed by atoms with Crippen molar-refractivity contribution >= 4 is 22.8 Å². The summed E-state index contributed by atoms with van der Waals surface area (Å²) in [5.74, 6) is 0.990. The Balaban J connectivity index is 1.49. The highest BCUT2D eigenvalue weighted by atomic mass is 19.1. The van der Waals surface area contributed by atoms with Crippen LogP contribution in [0.3, 0.4) is 0 Å². The quantitative estimate of drug-likeness (QED) is 0.303. The molecule has 0 aliphatic carbocycles. The SMILES string of the molecule is CCNC(=NCc1oc2ccccc2c1C)NCCNC(=O)Cc1cccc(F)c1.